The smallest absolute Gasteiger partial charge is 0.239 e. The number of nitrogens with one attached hydrogen (secondary N) is 1. The van der Waals surface area contributed by atoms with E-state index in [9.17, 15) is 9.90 Å². The van der Waals surface area contributed by atoms with Crippen molar-refractivity contribution in [2.75, 3.05) is 25.0 Å². The monoisotopic (exact) mass is 265 g/mol. The average Bonchev–Trinajstić information content (AvgIpc) is 2.44. The van der Waals surface area contributed by atoms with Crippen LogP contribution in [0.2, 0.25) is 0 Å². The van der Waals surface area contributed by atoms with E-state index in [1.54, 1.807) is 12.3 Å². The van der Waals surface area contributed by atoms with Crippen LogP contribution < -0.4 is 10.2 Å². The van der Waals surface area contributed by atoms with E-state index in [1.807, 2.05) is 31.9 Å². The van der Waals surface area contributed by atoms with E-state index >= 15 is 0 Å². The van der Waals surface area contributed by atoms with Gasteiger partial charge in [0.15, 0.2) is 0 Å². The molecule has 0 aliphatic carbocycles. The van der Waals surface area contributed by atoms with Crippen molar-refractivity contribution in [2.45, 2.75) is 32.8 Å². The summed E-state index contributed by atoms with van der Waals surface area (Å²) >= 11 is 0. The summed E-state index contributed by atoms with van der Waals surface area (Å²) in [5.41, 5.74) is 1.52. The number of pyridine rings is 1. The van der Waals surface area contributed by atoms with E-state index in [1.165, 1.54) is 0 Å². The molecule has 0 saturated carbocycles. The van der Waals surface area contributed by atoms with Crippen LogP contribution in [0.4, 0.5) is 5.69 Å². The first kappa shape index (κ1) is 15.4. The van der Waals surface area contributed by atoms with Gasteiger partial charge in [0.1, 0.15) is 0 Å². The molecule has 0 fully saturated rings. The largest absolute Gasteiger partial charge is 0.387 e. The number of nitrogens with zero attached hydrogens (tertiary/aromatic N) is 2. The fourth-order valence-corrected chi connectivity index (χ4v) is 1.66. The summed E-state index contributed by atoms with van der Waals surface area (Å²) in [5, 5.41) is 12.5. The van der Waals surface area contributed by atoms with Gasteiger partial charge in [0, 0.05) is 13.6 Å². The number of carbonyl (C=O) groups excluding carboxylic acids is 1. The molecule has 0 aliphatic rings. The zero-order valence-corrected chi connectivity index (χ0v) is 11.9. The molecule has 19 heavy (non-hydrogen) atoms. The molecule has 0 unspecified atom stereocenters. The molecule has 0 radical (unpaired) electrons. The molecule has 0 saturated heterocycles. The Kier molecular flexibility index (Phi) is 6.29. The van der Waals surface area contributed by atoms with Gasteiger partial charge in [-0.15, -0.1) is 0 Å². The SMILES string of the molecule is CCCNC(=O)CN(C)c1ccc([C@@H](O)CC)nc1. The first-order valence-electron chi connectivity index (χ1n) is 6.70. The van der Waals surface area contributed by atoms with Crippen LogP contribution in [0.15, 0.2) is 18.3 Å². The van der Waals surface area contributed by atoms with Gasteiger partial charge in [-0.05, 0) is 25.0 Å². The zero-order valence-electron chi connectivity index (χ0n) is 11.9. The average molecular weight is 265 g/mol. The molecule has 0 aliphatic heterocycles. The minimum absolute atomic E-state index is 0.00187. The van der Waals surface area contributed by atoms with Gasteiger partial charge in [0.25, 0.3) is 0 Å². The van der Waals surface area contributed by atoms with Crippen LogP contribution in [0.1, 0.15) is 38.5 Å². The van der Waals surface area contributed by atoms with E-state index in [4.69, 9.17) is 0 Å². The summed E-state index contributed by atoms with van der Waals surface area (Å²) in [6, 6.07) is 3.66. The molecule has 0 spiro atoms. The molecule has 106 valence electrons. The summed E-state index contributed by atoms with van der Waals surface area (Å²) in [4.78, 5) is 17.6. The molecule has 0 aromatic carbocycles. The molecule has 1 aromatic rings. The Labute approximate surface area is 114 Å². The third-order valence-corrected chi connectivity index (χ3v) is 2.89. The highest BCUT2D eigenvalue weighted by Gasteiger charge is 2.09. The minimum atomic E-state index is -0.521. The number of carbonyl (C=O) groups is 1. The molecule has 5 heteroatoms. The van der Waals surface area contributed by atoms with Crippen LogP contribution in [0.3, 0.4) is 0 Å². The second-order valence-corrected chi connectivity index (χ2v) is 4.57. The quantitative estimate of drug-likeness (QED) is 0.784. The zero-order chi connectivity index (χ0) is 14.3. The number of rotatable bonds is 7. The number of aromatic nitrogens is 1. The Bertz CT molecular complexity index is 392. The second-order valence-electron chi connectivity index (χ2n) is 4.57. The number of aliphatic hydroxyl groups excluding tert-OH is 1. The lowest BCUT2D eigenvalue weighted by molar-refractivity contribution is -0.119. The van der Waals surface area contributed by atoms with Crippen molar-refractivity contribution in [3.8, 4) is 0 Å². The van der Waals surface area contributed by atoms with E-state index in [2.05, 4.69) is 10.3 Å². The number of hydrogen-bond donors (Lipinski definition) is 2. The van der Waals surface area contributed by atoms with E-state index in [0.29, 0.717) is 25.2 Å². The highest BCUT2D eigenvalue weighted by atomic mass is 16.3. The summed E-state index contributed by atoms with van der Waals surface area (Å²) in [5.74, 6) is 0.00187. The molecule has 2 N–H and O–H groups in total. The lowest BCUT2D eigenvalue weighted by Gasteiger charge is -2.19. The fourth-order valence-electron chi connectivity index (χ4n) is 1.66. The highest BCUT2D eigenvalue weighted by Crippen LogP contribution is 2.17. The lowest BCUT2D eigenvalue weighted by Crippen LogP contribution is -2.35. The maximum Gasteiger partial charge on any atom is 0.239 e. The van der Waals surface area contributed by atoms with Gasteiger partial charge >= 0.3 is 0 Å². The Morgan fingerprint density at radius 1 is 1.47 bits per heavy atom. The Balaban J connectivity index is 2.57. The molecule has 1 rings (SSSR count). The Morgan fingerprint density at radius 3 is 2.74 bits per heavy atom. The lowest BCUT2D eigenvalue weighted by atomic mass is 10.2. The molecular weight excluding hydrogens is 242 g/mol. The maximum absolute atomic E-state index is 11.6. The highest BCUT2D eigenvalue weighted by molar-refractivity contribution is 5.81. The fraction of sp³-hybridized carbons (Fsp3) is 0.571. The van der Waals surface area contributed by atoms with Gasteiger partial charge in [-0.3, -0.25) is 9.78 Å². The molecular formula is C14H23N3O2. The standard InChI is InChI=1S/C14H23N3O2/c1-4-8-15-14(19)10-17(3)11-6-7-12(16-9-11)13(18)5-2/h6-7,9,13,18H,4-5,8,10H2,1-3H3,(H,15,19)/t13-/m0/s1. The molecule has 1 amide bonds. The molecule has 0 bridgehead atoms. The molecule has 1 aromatic heterocycles. The number of likely N-dealkylation sites (N-methyl/N-ethyl adjacent to an activating group) is 1. The van der Waals surface area contributed by atoms with Crippen molar-refractivity contribution >= 4 is 11.6 Å². The Morgan fingerprint density at radius 2 is 2.21 bits per heavy atom. The van der Waals surface area contributed by atoms with Crippen LogP contribution in [0.5, 0.6) is 0 Å². The molecule has 1 heterocycles. The third kappa shape index (κ3) is 4.87. The maximum atomic E-state index is 11.6. The first-order chi connectivity index (χ1) is 9.08. The van der Waals surface area contributed by atoms with Gasteiger partial charge in [-0.25, -0.2) is 0 Å². The van der Waals surface area contributed by atoms with Crippen molar-refractivity contribution in [2.24, 2.45) is 0 Å². The molecule has 5 nitrogen and oxygen atoms in total. The number of hydrogen-bond acceptors (Lipinski definition) is 4. The van der Waals surface area contributed by atoms with E-state index in [0.717, 1.165) is 12.1 Å². The van der Waals surface area contributed by atoms with Crippen LogP contribution >= 0.6 is 0 Å². The van der Waals surface area contributed by atoms with Gasteiger partial charge in [-0.2, -0.15) is 0 Å². The first-order valence-corrected chi connectivity index (χ1v) is 6.70. The third-order valence-electron chi connectivity index (χ3n) is 2.89. The van der Waals surface area contributed by atoms with Crippen molar-refractivity contribution in [3.63, 3.8) is 0 Å². The van der Waals surface area contributed by atoms with Crippen molar-refractivity contribution in [3.05, 3.63) is 24.0 Å². The summed E-state index contributed by atoms with van der Waals surface area (Å²) in [7, 11) is 1.85. The summed E-state index contributed by atoms with van der Waals surface area (Å²) in [6.07, 6.45) is 2.73. The van der Waals surface area contributed by atoms with E-state index < -0.39 is 6.10 Å². The molecule has 1 atom stereocenters. The summed E-state index contributed by atoms with van der Waals surface area (Å²) < 4.78 is 0. The predicted molar refractivity (Wildman–Crippen MR) is 76.1 cm³/mol. The van der Waals surface area contributed by atoms with Gasteiger partial charge in [0.2, 0.25) is 5.91 Å². The van der Waals surface area contributed by atoms with Crippen molar-refractivity contribution < 1.29 is 9.90 Å². The second kappa shape index (κ2) is 7.74. The minimum Gasteiger partial charge on any atom is -0.387 e. The number of amides is 1. The van der Waals surface area contributed by atoms with Crippen molar-refractivity contribution in [1.82, 2.24) is 10.3 Å². The van der Waals surface area contributed by atoms with Crippen molar-refractivity contribution in [1.29, 1.82) is 0 Å². The van der Waals surface area contributed by atoms with Crippen LogP contribution in [-0.4, -0.2) is 36.1 Å². The Hall–Kier alpha value is -1.62. The normalized spacial score (nSPS) is 12.0. The topological polar surface area (TPSA) is 65.5 Å². The van der Waals surface area contributed by atoms with Crippen LogP contribution in [0, 0.1) is 0 Å². The summed E-state index contributed by atoms with van der Waals surface area (Å²) in [6.45, 7) is 4.93. The van der Waals surface area contributed by atoms with Crippen LogP contribution in [-0.2, 0) is 4.79 Å². The number of anilines is 1. The van der Waals surface area contributed by atoms with Crippen LogP contribution in [0.25, 0.3) is 0 Å². The number of aliphatic hydroxyl groups is 1. The van der Waals surface area contributed by atoms with E-state index in [-0.39, 0.29) is 5.91 Å². The van der Waals surface area contributed by atoms with Gasteiger partial charge in [-0.1, -0.05) is 13.8 Å². The van der Waals surface area contributed by atoms with Gasteiger partial charge < -0.3 is 15.3 Å². The van der Waals surface area contributed by atoms with Gasteiger partial charge in [0.05, 0.1) is 30.2 Å². The predicted octanol–water partition coefficient (Wildman–Crippen LogP) is 1.49.